The Morgan fingerprint density at radius 3 is 2.23 bits per heavy atom. The topological polar surface area (TPSA) is 98.6 Å². The molecule has 2 aromatic rings. The zero-order valence-corrected chi connectivity index (χ0v) is 11.3. The van der Waals surface area contributed by atoms with Crippen LogP contribution < -0.4 is 5.56 Å². The number of carbonyl (C=O) groups excluding carboxylic acids is 3. The number of carbonyl (C=O) groups is 3. The minimum atomic E-state index is -1.06. The number of benzene rings is 1. The Bertz CT molecular complexity index is 836. The number of amides is 2. The van der Waals surface area contributed by atoms with Crippen molar-refractivity contribution in [2.75, 3.05) is 0 Å². The molecule has 0 N–H and O–H groups in total. The van der Waals surface area contributed by atoms with Crippen molar-refractivity contribution in [1.82, 2.24) is 14.6 Å². The molecule has 1 aliphatic rings. The van der Waals surface area contributed by atoms with E-state index in [1.54, 1.807) is 12.1 Å². The smallest absolute Gasteiger partial charge is 0.323 e. The summed E-state index contributed by atoms with van der Waals surface area (Å²) >= 11 is 0. The van der Waals surface area contributed by atoms with Gasteiger partial charge >= 0.3 is 5.97 Å². The van der Waals surface area contributed by atoms with Gasteiger partial charge in [-0.3, -0.25) is 14.4 Å². The molecule has 0 bridgehead atoms. The lowest BCUT2D eigenvalue weighted by Gasteiger charge is -2.12. The van der Waals surface area contributed by atoms with Crippen LogP contribution in [0.5, 0.6) is 0 Å². The van der Waals surface area contributed by atoms with Gasteiger partial charge in [-0.05, 0) is 12.1 Å². The zero-order valence-electron chi connectivity index (χ0n) is 11.3. The van der Waals surface area contributed by atoms with Crippen LogP contribution in [-0.4, -0.2) is 32.4 Å². The van der Waals surface area contributed by atoms with Crippen LogP contribution >= 0.6 is 0 Å². The van der Waals surface area contributed by atoms with Crippen molar-refractivity contribution in [2.45, 2.75) is 0 Å². The summed E-state index contributed by atoms with van der Waals surface area (Å²) in [6.07, 6.45) is 1.14. The first-order valence-electron chi connectivity index (χ1n) is 6.22. The summed E-state index contributed by atoms with van der Waals surface area (Å²) < 4.78 is 1.17. The molecule has 0 aliphatic carbocycles. The molecule has 0 unspecified atom stereocenters. The SMILES string of the molecule is Cn1cnc(C(=O)ON2C(=O)c3ccccc3C2=O)cc1=O. The van der Waals surface area contributed by atoms with Gasteiger partial charge in [0.25, 0.3) is 17.4 Å². The van der Waals surface area contributed by atoms with E-state index in [0.29, 0.717) is 5.06 Å². The van der Waals surface area contributed by atoms with Gasteiger partial charge in [-0.15, -0.1) is 0 Å². The molecular weight excluding hydrogens is 290 g/mol. The molecule has 1 aliphatic heterocycles. The summed E-state index contributed by atoms with van der Waals surface area (Å²) in [4.78, 5) is 56.0. The normalized spacial score (nSPS) is 13.2. The van der Waals surface area contributed by atoms with Crippen molar-refractivity contribution in [3.63, 3.8) is 0 Å². The minimum absolute atomic E-state index is 0.150. The molecule has 8 heteroatoms. The van der Waals surface area contributed by atoms with Crippen LogP contribution in [0.1, 0.15) is 31.2 Å². The van der Waals surface area contributed by atoms with Gasteiger partial charge < -0.3 is 9.40 Å². The lowest BCUT2D eigenvalue weighted by Crippen LogP contribution is -2.33. The number of aromatic nitrogens is 2. The second-order valence-corrected chi connectivity index (χ2v) is 4.55. The molecule has 0 fully saturated rings. The Kier molecular flexibility index (Phi) is 3.06. The molecular formula is C14H9N3O5. The van der Waals surface area contributed by atoms with E-state index in [0.717, 1.165) is 12.4 Å². The maximum Gasteiger partial charge on any atom is 0.382 e. The number of imide groups is 1. The van der Waals surface area contributed by atoms with Gasteiger partial charge in [-0.25, -0.2) is 9.78 Å². The molecule has 0 spiro atoms. The molecule has 0 radical (unpaired) electrons. The van der Waals surface area contributed by atoms with Crippen LogP contribution in [0.15, 0.2) is 41.5 Å². The number of fused-ring (bicyclic) bond motifs is 1. The van der Waals surface area contributed by atoms with Crippen molar-refractivity contribution in [3.8, 4) is 0 Å². The predicted molar refractivity (Wildman–Crippen MR) is 71.8 cm³/mol. The van der Waals surface area contributed by atoms with E-state index in [1.807, 2.05) is 0 Å². The number of hydrogen-bond acceptors (Lipinski definition) is 6. The zero-order chi connectivity index (χ0) is 15.9. The van der Waals surface area contributed by atoms with Gasteiger partial charge in [0, 0.05) is 13.1 Å². The van der Waals surface area contributed by atoms with E-state index in [4.69, 9.17) is 4.84 Å². The molecule has 2 amide bonds. The Morgan fingerprint density at radius 2 is 1.68 bits per heavy atom. The average Bonchev–Trinajstić information content (AvgIpc) is 2.75. The number of hydrogen-bond donors (Lipinski definition) is 0. The molecule has 22 heavy (non-hydrogen) atoms. The maximum atomic E-state index is 12.0. The van der Waals surface area contributed by atoms with Gasteiger partial charge in [-0.1, -0.05) is 17.2 Å². The van der Waals surface area contributed by atoms with E-state index in [1.165, 1.54) is 23.7 Å². The fraction of sp³-hybridized carbons (Fsp3) is 0.0714. The second-order valence-electron chi connectivity index (χ2n) is 4.55. The highest BCUT2D eigenvalue weighted by Gasteiger charge is 2.39. The highest BCUT2D eigenvalue weighted by atomic mass is 16.7. The van der Waals surface area contributed by atoms with Crippen LogP contribution in [-0.2, 0) is 11.9 Å². The van der Waals surface area contributed by atoms with Crippen LogP contribution in [0.3, 0.4) is 0 Å². The van der Waals surface area contributed by atoms with E-state index < -0.39 is 23.3 Å². The van der Waals surface area contributed by atoms with Gasteiger partial charge in [0.2, 0.25) is 0 Å². The maximum absolute atomic E-state index is 12.0. The summed E-state index contributed by atoms with van der Waals surface area (Å²) in [7, 11) is 1.47. The summed E-state index contributed by atoms with van der Waals surface area (Å²) in [6, 6.07) is 7.07. The fourth-order valence-corrected chi connectivity index (χ4v) is 1.95. The van der Waals surface area contributed by atoms with Gasteiger partial charge in [0.05, 0.1) is 17.5 Å². The Morgan fingerprint density at radius 1 is 1.09 bits per heavy atom. The molecule has 0 saturated carbocycles. The van der Waals surface area contributed by atoms with Crippen molar-refractivity contribution in [1.29, 1.82) is 0 Å². The average molecular weight is 299 g/mol. The number of nitrogens with zero attached hydrogens (tertiary/aromatic N) is 3. The van der Waals surface area contributed by atoms with E-state index in [-0.39, 0.29) is 16.8 Å². The summed E-state index contributed by atoms with van der Waals surface area (Å²) in [5.74, 6) is -2.54. The summed E-state index contributed by atoms with van der Waals surface area (Å²) in [5.41, 5.74) is -0.460. The summed E-state index contributed by atoms with van der Waals surface area (Å²) in [6.45, 7) is 0. The first-order valence-corrected chi connectivity index (χ1v) is 6.22. The lowest BCUT2D eigenvalue weighted by molar-refractivity contribution is -0.0588. The molecule has 3 rings (SSSR count). The third-order valence-corrected chi connectivity index (χ3v) is 3.12. The quantitative estimate of drug-likeness (QED) is 0.732. The number of hydroxylamine groups is 2. The van der Waals surface area contributed by atoms with Crippen molar-refractivity contribution in [3.05, 3.63) is 63.8 Å². The Hall–Kier alpha value is -3.29. The van der Waals surface area contributed by atoms with E-state index >= 15 is 0 Å². The standard InChI is InChI=1S/C14H9N3O5/c1-16-7-15-10(6-11(16)18)14(21)22-17-12(19)8-4-2-3-5-9(8)13(17)20/h2-7H,1H3. The minimum Gasteiger partial charge on any atom is -0.323 e. The highest BCUT2D eigenvalue weighted by molar-refractivity contribution is 6.21. The van der Waals surface area contributed by atoms with E-state index in [9.17, 15) is 19.2 Å². The van der Waals surface area contributed by atoms with Crippen LogP contribution in [0.4, 0.5) is 0 Å². The molecule has 2 heterocycles. The number of rotatable bonds is 2. The Labute approximate surface area is 123 Å². The first kappa shape index (κ1) is 13.7. The second kappa shape index (κ2) is 4.92. The highest BCUT2D eigenvalue weighted by Crippen LogP contribution is 2.22. The largest absolute Gasteiger partial charge is 0.382 e. The monoisotopic (exact) mass is 299 g/mol. The molecule has 0 atom stereocenters. The predicted octanol–water partition coefficient (Wildman–Crippen LogP) is 0.148. The Balaban J connectivity index is 1.87. The van der Waals surface area contributed by atoms with Crippen LogP contribution in [0, 0.1) is 0 Å². The lowest BCUT2D eigenvalue weighted by atomic mass is 10.1. The summed E-state index contributed by atoms with van der Waals surface area (Å²) in [5, 5.41) is 0.367. The molecule has 1 aromatic heterocycles. The molecule has 1 aromatic carbocycles. The molecule has 0 saturated heterocycles. The van der Waals surface area contributed by atoms with E-state index in [2.05, 4.69) is 4.98 Å². The van der Waals surface area contributed by atoms with Gasteiger partial charge in [0.15, 0.2) is 5.69 Å². The van der Waals surface area contributed by atoms with Gasteiger partial charge in [-0.2, -0.15) is 0 Å². The van der Waals surface area contributed by atoms with Crippen molar-refractivity contribution >= 4 is 17.8 Å². The van der Waals surface area contributed by atoms with Crippen LogP contribution in [0.2, 0.25) is 0 Å². The third-order valence-electron chi connectivity index (χ3n) is 3.12. The van der Waals surface area contributed by atoms with Crippen LogP contribution in [0.25, 0.3) is 0 Å². The number of aryl methyl sites for hydroxylation is 1. The first-order chi connectivity index (χ1) is 10.5. The fourth-order valence-electron chi connectivity index (χ4n) is 1.95. The molecule has 110 valence electrons. The third kappa shape index (κ3) is 2.06. The molecule has 8 nitrogen and oxygen atoms in total. The van der Waals surface area contributed by atoms with Gasteiger partial charge in [0.1, 0.15) is 0 Å². The van der Waals surface area contributed by atoms with Crippen molar-refractivity contribution in [2.24, 2.45) is 7.05 Å². The van der Waals surface area contributed by atoms with Crippen molar-refractivity contribution < 1.29 is 19.2 Å².